The highest BCUT2D eigenvalue weighted by Crippen LogP contribution is 2.28. The number of hydrogen-bond donors (Lipinski definition) is 0. The predicted molar refractivity (Wildman–Crippen MR) is 65.2 cm³/mol. The van der Waals surface area contributed by atoms with Crippen molar-refractivity contribution in [3.05, 3.63) is 45.9 Å². The van der Waals surface area contributed by atoms with Crippen LogP contribution in [0.5, 0.6) is 0 Å². The van der Waals surface area contributed by atoms with Crippen LogP contribution in [0.1, 0.15) is 5.76 Å². The van der Waals surface area contributed by atoms with Gasteiger partial charge in [0.05, 0.1) is 10.8 Å². The molecule has 0 spiro atoms. The molecule has 5 heteroatoms. The lowest BCUT2D eigenvalue weighted by atomic mass is 10.5. The van der Waals surface area contributed by atoms with Crippen molar-refractivity contribution in [1.82, 2.24) is 4.98 Å². The van der Waals surface area contributed by atoms with Gasteiger partial charge in [0.25, 0.3) is 0 Å². The van der Waals surface area contributed by atoms with Gasteiger partial charge in [0.15, 0.2) is 4.67 Å². The van der Waals surface area contributed by atoms with Crippen molar-refractivity contribution in [3.63, 3.8) is 0 Å². The molecule has 15 heavy (non-hydrogen) atoms. The molecular formula is C10H7BrClNOS. The average molecular weight is 305 g/mol. The number of pyridine rings is 1. The quantitative estimate of drug-likeness (QED) is 0.787. The summed E-state index contributed by atoms with van der Waals surface area (Å²) in [5, 5.41) is 1.50. The summed E-state index contributed by atoms with van der Waals surface area (Å²) in [5.74, 6) is 1.62. The summed E-state index contributed by atoms with van der Waals surface area (Å²) in [4.78, 5) is 4.18. The molecule has 0 aromatic carbocycles. The largest absolute Gasteiger partial charge is 0.453 e. The third kappa shape index (κ3) is 3.00. The molecule has 0 N–H and O–H groups in total. The molecule has 2 aromatic rings. The van der Waals surface area contributed by atoms with Gasteiger partial charge in [-0.1, -0.05) is 23.4 Å². The number of rotatable bonds is 3. The van der Waals surface area contributed by atoms with Crippen molar-refractivity contribution < 1.29 is 4.42 Å². The van der Waals surface area contributed by atoms with E-state index in [1.54, 1.807) is 18.0 Å². The number of halogens is 2. The summed E-state index contributed by atoms with van der Waals surface area (Å²) in [6.07, 6.45) is 1.73. The zero-order valence-electron chi connectivity index (χ0n) is 7.61. The number of thioether (sulfide) groups is 1. The first kappa shape index (κ1) is 11.0. The molecule has 0 unspecified atom stereocenters. The molecule has 2 heterocycles. The van der Waals surface area contributed by atoms with E-state index in [1.165, 1.54) is 0 Å². The third-order valence-corrected chi connectivity index (χ3v) is 3.58. The number of hydrogen-bond acceptors (Lipinski definition) is 3. The molecule has 0 fully saturated rings. The Balaban J connectivity index is 2.02. The van der Waals surface area contributed by atoms with Crippen molar-refractivity contribution in [3.8, 4) is 0 Å². The number of aromatic nitrogens is 1. The standard InChI is InChI=1S/C10H7BrClNOS/c11-9-4-3-7(14-9)6-15-10-8(12)2-1-5-13-10/h1-5H,6H2. The van der Waals surface area contributed by atoms with Gasteiger partial charge < -0.3 is 4.42 Å². The summed E-state index contributed by atoms with van der Waals surface area (Å²) in [6.45, 7) is 0. The summed E-state index contributed by atoms with van der Waals surface area (Å²) >= 11 is 10.8. The van der Waals surface area contributed by atoms with E-state index >= 15 is 0 Å². The fourth-order valence-electron chi connectivity index (χ4n) is 1.05. The Bertz CT molecular complexity index is 460. The maximum atomic E-state index is 5.97. The molecule has 0 aliphatic carbocycles. The Morgan fingerprint density at radius 1 is 1.40 bits per heavy atom. The molecular weight excluding hydrogens is 298 g/mol. The van der Waals surface area contributed by atoms with Gasteiger partial charge in [0, 0.05) is 6.20 Å². The zero-order valence-corrected chi connectivity index (χ0v) is 10.8. The highest BCUT2D eigenvalue weighted by Gasteiger charge is 2.04. The second kappa shape index (κ2) is 5.05. The van der Waals surface area contributed by atoms with Gasteiger partial charge in [-0.15, -0.1) is 0 Å². The molecule has 0 aliphatic heterocycles. The monoisotopic (exact) mass is 303 g/mol. The Kier molecular flexibility index (Phi) is 3.72. The van der Waals surface area contributed by atoms with E-state index in [0.29, 0.717) is 5.02 Å². The van der Waals surface area contributed by atoms with Crippen LogP contribution in [-0.4, -0.2) is 4.98 Å². The maximum Gasteiger partial charge on any atom is 0.169 e. The van der Waals surface area contributed by atoms with Crippen LogP contribution in [0.3, 0.4) is 0 Å². The molecule has 0 aliphatic rings. The summed E-state index contributed by atoms with van der Waals surface area (Å²) in [5.41, 5.74) is 0. The molecule has 0 saturated carbocycles. The Labute approximate surface area is 105 Å². The Morgan fingerprint density at radius 3 is 2.93 bits per heavy atom. The highest BCUT2D eigenvalue weighted by molar-refractivity contribution is 9.10. The van der Waals surface area contributed by atoms with E-state index in [9.17, 15) is 0 Å². The van der Waals surface area contributed by atoms with Crippen LogP contribution < -0.4 is 0 Å². The van der Waals surface area contributed by atoms with E-state index in [2.05, 4.69) is 20.9 Å². The molecule has 2 aromatic heterocycles. The lowest BCUT2D eigenvalue weighted by Crippen LogP contribution is -1.81. The van der Waals surface area contributed by atoms with Gasteiger partial charge in [0.2, 0.25) is 0 Å². The van der Waals surface area contributed by atoms with Crippen molar-refractivity contribution in [1.29, 1.82) is 0 Å². The summed E-state index contributed by atoms with van der Waals surface area (Å²) < 4.78 is 6.11. The molecule has 2 rings (SSSR count). The van der Waals surface area contributed by atoms with E-state index in [4.69, 9.17) is 16.0 Å². The predicted octanol–water partition coefficient (Wildman–Crippen LogP) is 4.38. The van der Waals surface area contributed by atoms with Crippen molar-refractivity contribution in [2.75, 3.05) is 0 Å². The normalized spacial score (nSPS) is 10.5. The first-order chi connectivity index (χ1) is 7.25. The third-order valence-electron chi connectivity index (χ3n) is 1.70. The molecule has 0 amide bonds. The zero-order chi connectivity index (χ0) is 10.7. The fraction of sp³-hybridized carbons (Fsp3) is 0.100. The maximum absolute atomic E-state index is 5.97. The molecule has 0 saturated heterocycles. The van der Waals surface area contributed by atoms with Gasteiger partial charge in [-0.2, -0.15) is 0 Å². The minimum atomic E-state index is 0.674. The van der Waals surface area contributed by atoms with E-state index < -0.39 is 0 Å². The fourth-order valence-corrected chi connectivity index (χ4v) is 2.45. The van der Waals surface area contributed by atoms with Crippen LogP contribution in [0.4, 0.5) is 0 Å². The van der Waals surface area contributed by atoms with Crippen LogP contribution in [-0.2, 0) is 5.75 Å². The second-order valence-corrected chi connectivity index (χ2v) is 4.94. The van der Waals surface area contributed by atoms with Crippen LogP contribution in [0.2, 0.25) is 5.02 Å². The van der Waals surface area contributed by atoms with Crippen LogP contribution in [0.25, 0.3) is 0 Å². The topological polar surface area (TPSA) is 26.0 Å². The Morgan fingerprint density at radius 2 is 2.27 bits per heavy atom. The number of furan rings is 1. The molecule has 2 nitrogen and oxygen atoms in total. The van der Waals surface area contributed by atoms with E-state index in [-0.39, 0.29) is 0 Å². The second-order valence-electron chi connectivity index (χ2n) is 2.78. The highest BCUT2D eigenvalue weighted by atomic mass is 79.9. The number of nitrogens with zero attached hydrogens (tertiary/aromatic N) is 1. The molecule has 0 atom stereocenters. The Hall–Kier alpha value is -0.450. The van der Waals surface area contributed by atoms with Crippen LogP contribution in [0.15, 0.2) is 44.6 Å². The van der Waals surface area contributed by atoms with Crippen LogP contribution >= 0.6 is 39.3 Å². The van der Waals surface area contributed by atoms with Crippen molar-refractivity contribution in [2.24, 2.45) is 0 Å². The summed E-state index contributed by atoms with van der Waals surface area (Å²) in [7, 11) is 0. The molecule has 0 radical (unpaired) electrons. The van der Waals surface area contributed by atoms with Gasteiger partial charge in [-0.25, -0.2) is 4.98 Å². The van der Waals surface area contributed by atoms with E-state index in [1.807, 2.05) is 24.3 Å². The van der Waals surface area contributed by atoms with Crippen molar-refractivity contribution in [2.45, 2.75) is 10.8 Å². The minimum Gasteiger partial charge on any atom is -0.453 e. The van der Waals surface area contributed by atoms with Gasteiger partial charge in [-0.3, -0.25) is 0 Å². The molecule has 78 valence electrons. The lowest BCUT2D eigenvalue weighted by molar-refractivity contribution is 0.506. The van der Waals surface area contributed by atoms with Gasteiger partial charge in [-0.05, 0) is 40.2 Å². The minimum absolute atomic E-state index is 0.674. The van der Waals surface area contributed by atoms with Gasteiger partial charge in [0.1, 0.15) is 10.8 Å². The lowest BCUT2D eigenvalue weighted by Gasteiger charge is -2.00. The molecule has 0 bridgehead atoms. The van der Waals surface area contributed by atoms with Crippen LogP contribution in [0, 0.1) is 0 Å². The summed E-state index contributed by atoms with van der Waals surface area (Å²) in [6, 6.07) is 7.44. The van der Waals surface area contributed by atoms with E-state index in [0.717, 1.165) is 21.2 Å². The smallest absolute Gasteiger partial charge is 0.169 e. The van der Waals surface area contributed by atoms with Crippen molar-refractivity contribution >= 4 is 39.3 Å². The average Bonchev–Trinajstić information content (AvgIpc) is 2.63. The SMILES string of the molecule is Clc1cccnc1SCc1ccc(Br)o1. The first-order valence-corrected chi connectivity index (χ1v) is 6.39. The first-order valence-electron chi connectivity index (χ1n) is 4.23. The van der Waals surface area contributed by atoms with Gasteiger partial charge >= 0.3 is 0 Å².